The van der Waals surface area contributed by atoms with Crippen LogP contribution in [-0.2, 0) is 5.41 Å². The monoisotopic (exact) mass is 638 g/mol. The molecule has 2 heteroatoms. The molecule has 0 fully saturated rings. The second-order valence-electron chi connectivity index (χ2n) is 14.0. The fourth-order valence-corrected chi connectivity index (χ4v) is 8.40. The van der Waals surface area contributed by atoms with Crippen LogP contribution in [0.15, 0.2) is 170 Å². The normalized spacial score (nSPS) is 13.2. The first-order chi connectivity index (χ1) is 24.6. The molecule has 0 N–H and O–H groups in total. The summed E-state index contributed by atoms with van der Waals surface area (Å²) in [4.78, 5) is 5.39. The van der Waals surface area contributed by atoms with Crippen molar-refractivity contribution in [2.75, 3.05) is 0 Å². The van der Waals surface area contributed by atoms with E-state index in [2.05, 4.69) is 188 Å². The molecular weight excluding hydrogens is 605 g/mol. The number of hydrogen-bond acceptors (Lipinski definition) is 1. The Bertz CT molecular complexity index is 2760. The Balaban J connectivity index is 1.29. The smallest absolute Gasteiger partial charge is 0.145 e. The highest BCUT2D eigenvalue weighted by atomic mass is 15.1. The van der Waals surface area contributed by atoms with Crippen LogP contribution in [0.4, 0.5) is 0 Å². The van der Waals surface area contributed by atoms with Crippen molar-refractivity contribution >= 4 is 32.6 Å². The van der Waals surface area contributed by atoms with E-state index < -0.39 is 0 Å². The molecule has 0 saturated heterocycles. The molecule has 0 saturated carbocycles. The van der Waals surface area contributed by atoms with Crippen LogP contribution in [0.5, 0.6) is 0 Å². The number of imidazole rings is 1. The van der Waals surface area contributed by atoms with Crippen LogP contribution < -0.4 is 0 Å². The maximum atomic E-state index is 5.39. The first-order valence-corrected chi connectivity index (χ1v) is 17.4. The van der Waals surface area contributed by atoms with Gasteiger partial charge in [0, 0.05) is 11.0 Å². The Morgan fingerprint density at radius 1 is 0.420 bits per heavy atom. The van der Waals surface area contributed by atoms with Gasteiger partial charge >= 0.3 is 0 Å². The van der Waals surface area contributed by atoms with E-state index in [1.165, 1.54) is 77.3 Å². The summed E-state index contributed by atoms with van der Waals surface area (Å²) in [5.41, 5.74) is 14.3. The Morgan fingerprint density at radius 3 is 1.62 bits per heavy atom. The molecule has 236 valence electrons. The van der Waals surface area contributed by atoms with Gasteiger partial charge in [0.15, 0.2) is 0 Å². The zero-order valence-corrected chi connectivity index (χ0v) is 28.1. The number of hydrogen-bond donors (Lipinski definition) is 0. The molecule has 9 aromatic rings. The number of para-hydroxylation sites is 1. The van der Waals surface area contributed by atoms with Crippen LogP contribution in [0.25, 0.3) is 83.0 Å². The predicted molar refractivity (Wildman–Crippen MR) is 210 cm³/mol. The van der Waals surface area contributed by atoms with E-state index >= 15 is 0 Å². The Kier molecular flexibility index (Phi) is 6.25. The van der Waals surface area contributed by atoms with Gasteiger partial charge in [-0.25, -0.2) is 4.98 Å². The average molecular weight is 639 g/mol. The van der Waals surface area contributed by atoms with E-state index in [1.807, 2.05) is 0 Å². The molecule has 2 nitrogen and oxygen atoms in total. The van der Waals surface area contributed by atoms with E-state index in [-0.39, 0.29) is 5.41 Å². The third kappa shape index (κ3) is 4.18. The average Bonchev–Trinajstić information content (AvgIpc) is 3.56. The summed E-state index contributed by atoms with van der Waals surface area (Å²) in [6, 6.07) is 61.8. The van der Waals surface area contributed by atoms with Crippen LogP contribution in [0.1, 0.15) is 25.0 Å². The molecule has 0 radical (unpaired) electrons. The van der Waals surface area contributed by atoms with Gasteiger partial charge in [-0.3, -0.25) is 4.57 Å². The lowest BCUT2D eigenvalue weighted by Gasteiger charge is -2.35. The van der Waals surface area contributed by atoms with Crippen LogP contribution in [0, 0.1) is 0 Å². The highest BCUT2D eigenvalue weighted by Gasteiger charge is 2.36. The summed E-state index contributed by atoms with van der Waals surface area (Å²) in [6.07, 6.45) is 0. The highest BCUT2D eigenvalue weighted by molar-refractivity contribution is 6.22. The van der Waals surface area contributed by atoms with Gasteiger partial charge in [-0.2, -0.15) is 0 Å². The standard InChI is InChI=1S/C48H34N2/c1-48(2)40-24-14-15-25-43(40)50-46-41(48)29-35(30-42(46)49-47(50)33-20-10-5-11-21-33)34-26-27-38-39(28-34)45(32-18-8-4-9-19-32)37-23-13-12-22-36(37)44(38)31-16-6-3-7-17-31/h3-30H,1-2H3. The van der Waals surface area contributed by atoms with E-state index in [4.69, 9.17) is 4.98 Å². The number of fused-ring (bicyclic) bond motifs is 4. The molecule has 1 aromatic heterocycles. The van der Waals surface area contributed by atoms with Crippen molar-refractivity contribution in [2.24, 2.45) is 0 Å². The topological polar surface area (TPSA) is 17.8 Å². The number of nitrogens with zero attached hydrogens (tertiary/aromatic N) is 2. The van der Waals surface area contributed by atoms with E-state index in [0.29, 0.717) is 0 Å². The maximum absolute atomic E-state index is 5.39. The lowest BCUT2D eigenvalue weighted by Crippen LogP contribution is -2.26. The quantitative estimate of drug-likeness (QED) is 0.175. The predicted octanol–water partition coefficient (Wildman–Crippen LogP) is 12.6. The van der Waals surface area contributed by atoms with Gasteiger partial charge in [-0.1, -0.05) is 159 Å². The van der Waals surface area contributed by atoms with Crippen molar-refractivity contribution in [3.63, 3.8) is 0 Å². The second-order valence-corrected chi connectivity index (χ2v) is 14.0. The Hall–Kier alpha value is -6.25. The van der Waals surface area contributed by atoms with Gasteiger partial charge in [-0.15, -0.1) is 0 Å². The van der Waals surface area contributed by atoms with Gasteiger partial charge in [0.05, 0.1) is 16.7 Å². The van der Waals surface area contributed by atoms with E-state index in [9.17, 15) is 0 Å². The summed E-state index contributed by atoms with van der Waals surface area (Å²) in [5, 5.41) is 5.03. The van der Waals surface area contributed by atoms with Crippen LogP contribution in [0.3, 0.4) is 0 Å². The maximum Gasteiger partial charge on any atom is 0.145 e. The van der Waals surface area contributed by atoms with Crippen LogP contribution in [-0.4, -0.2) is 9.55 Å². The van der Waals surface area contributed by atoms with Gasteiger partial charge < -0.3 is 0 Å². The molecule has 8 aromatic carbocycles. The molecule has 0 atom stereocenters. The Morgan fingerprint density at radius 2 is 0.960 bits per heavy atom. The molecule has 0 bridgehead atoms. The van der Waals surface area contributed by atoms with Crippen LogP contribution in [0.2, 0.25) is 0 Å². The Labute approximate surface area is 291 Å². The van der Waals surface area contributed by atoms with Crippen molar-refractivity contribution < 1.29 is 0 Å². The van der Waals surface area contributed by atoms with Gasteiger partial charge in [0.25, 0.3) is 0 Å². The summed E-state index contributed by atoms with van der Waals surface area (Å²) in [7, 11) is 0. The summed E-state index contributed by atoms with van der Waals surface area (Å²) in [6.45, 7) is 4.71. The SMILES string of the molecule is CC1(C)c2ccccc2-n2c(-c3ccccc3)nc3cc(-c4ccc5c(-c6ccccc6)c6ccccc6c(-c6ccccc6)c5c4)cc1c32. The summed E-state index contributed by atoms with van der Waals surface area (Å²) in [5.74, 6) is 0.978. The third-order valence-corrected chi connectivity index (χ3v) is 10.8. The molecule has 1 aliphatic heterocycles. The van der Waals surface area contributed by atoms with Crippen molar-refractivity contribution in [3.8, 4) is 50.5 Å². The summed E-state index contributed by atoms with van der Waals surface area (Å²) < 4.78 is 2.39. The minimum absolute atomic E-state index is 0.211. The van der Waals surface area contributed by atoms with Crippen molar-refractivity contribution in [1.29, 1.82) is 0 Å². The fraction of sp³-hybridized carbons (Fsp3) is 0.0625. The van der Waals surface area contributed by atoms with E-state index in [0.717, 1.165) is 16.9 Å². The molecule has 2 heterocycles. The van der Waals surface area contributed by atoms with Gasteiger partial charge in [-0.05, 0) is 90.3 Å². The number of aromatic nitrogens is 2. The molecule has 50 heavy (non-hydrogen) atoms. The second kappa shape index (κ2) is 10.9. The molecule has 0 unspecified atom stereocenters. The zero-order valence-electron chi connectivity index (χ0n) is 28.1. The molecule has 1 aliphatic rings. The lowest BCUT2D eigenvalue weighted by atomic mass is 9.74. The lowest BCUT2D eigenvalue weighted by molar-refractivity contribution is 0.629. The first-order valence-electron chi connectivity index (χ1n) is 17.4. The minimum Gasteiger partial charge on any atom is -0.292 e. The minimum atomic E-state index is -0.211. The van der Waals surface area contributed by atoms with E-state index in [1.54, 1.807) is 0 Å². The molecule has 0 aliphatic carbocycles. The number of benzene rings is 8. The number of rotatable bonds is 4. The molecular formula is C48H34N2. The molecule has 10 rings (SSSR count). The van der Waals surface area contributed by atoms with Crippen molar-refractivity contribution in [2.45, 2.75) is 19.3 Å². The molecule has 0 spiro atoms. The first kappa shape index (κ1) is 28.7. The largest absolute Gasteiger partial charge is 0.292 e. The molecule has 0 amide bonds. The van der Waals surface area contributed by atoms with Gasteiger partial charge in [0.1, 0.15) is 5.82 Å². The highest BCUT2D eigenvalue weighted by Crippen LogP contribution is 2.49. The van der Waals surface area contributed by atoms with Crippen molar-refractivity contribution in [1.82, 2.24) is 9.55 Å². The van der Waals surface area contributed by atoms with Crippen molar-refractivity contribution in [3.05, 3.63) is 181 Å². The van der Waals surface area contributed by atoms with Gasteiger partial charge in [0.2, 0.25) is 0 Å². The fourth-order valence-electron chi connectivity index (χ4n) is 8.40. The summed E-state index contributed by atoms with van der Waals surface area (Å²) >= 11 is 0. The third-order valence-electron chi connectivity index (χ3n) is 10.8. The zero-order chi connectivity index (χ0) is 33.4. The van der Waals surface area contributed by atoms with Crippen LogP contribution >= 0.6 is 0 Å².